The van der Waals surface area contributed by atoms with E-state index in [2.05, 4.69) is 15.0 Å². The van der Waals surface area contributed by atoms with Crippen molar-refractivity contribution in [2.45, 2.75) is 26.2 Å². The predicted molar refractivity (Wildman–Crippen MR) is 100 cm³/mol. The van der Waals surface area contributed by atoms with Gasteiger partial charge in [0.25, 0.3) is 0 Å². The zero-order valence-corrected chi connectivity index (χ0v) is 14.5. The first kappa shape index (κ1) is 16.3. The van der Waals surface area contributed by atoms with Gasteiger partial charge in [-0.25, -0.2) is 4.98 Å². The molecule has 0 aliphatic heterocycles. The van der Waals surface area contributed by atoms with Gasteiger partial charge in [-0.1, -0.05) is 12.1 Å². The van der Waals surface area contributed by atoms with E-state index < -0.39 is 0 Å². The highest BCUT2D eigenvalue weighted by molar-refractivity contribution is 6.13. The summed E-state index contributed by atoms with van der Waals surface area (Å²) in [7, 11) is 0. The average Bonchev–Trinajstić information content (AvgIpc) is 2.61. The Hall–Kier alpha value is -3.22. The maximum atomic E-state index is 12.7. The second kappa shape index (κ2) is 6.25. The van der Waals surface area contributed by atoms with E-state index in [-0.39, 0.29) is 17.5 Å². The second-order valence-corrected chi connectivity index (χ2v) is 6.21. The van der Waals surface area contributed by atoms with Crippen molar-refractivity contribution in [3.63, 3.8) is 0 Å². The van der Waals surface area contributed by atoms with E-state index in [1.54, 1.807) is 0 Å². The fourth-order valence-corrected chi connectivity index (χ4v) is 3.45. The number of fused-ring (bicyclic) bond motifs is 2. The molecule has 0 spiro atoms. The first-order chi connectivity index (χ1) is 12.6. The van der Waals surface area contributed by atoms with Crippen molar-refractivity contribution in [3.8, 4) is 16.9 Å². The number of hydrogen-bond donors (Lipinski definition) is 2. The van der Waals surface area contributed by atoms with E-state index in [0.717, 1.165) is 35.4 Å². The minimum Gasteiger partial charge on any atom is -0.494 e. The fourth-order valence-electron chi connectivity index (χ4n) is 3.45. The molecule has 4 N–H and O–H groups in total. The van der Waals surface area contributed by atoms with Crippen molar-refractivity contribution in [1.29, 1.82) is 0 Å². The lowest BCUT2D eigenvalue weighted by molar-refractivity contribution is 0.0972. The molecule has 0 fully saturated rings. The van der Waals surface area contributed by atoms with Crippen LogP contribution in [-0.2, 0) is 6.42 Å². The Morgan fingerprint density at radius 2 is 1.81 bits per heavy atom. The van der Waals surface area contributed by atoms with Gasteiger partial charge in [-0.05, 0) is 37.5 Å². The third kappa shape index (κ3) is 2.61. The number of nitrogen functional groups attached to an aromatic ring is 2. The molecule has 0 unspecified atom stereocenters. The van der Waals surface area contributed by atoms with Crippen LogP contribution in [0.4, 0.5) is 11.8 Å². The molecule has 0 bridgehead atoms. The molecular weight excluding hydrogens is 330 g/mol. The number of nitrogens with two attached hydrogens (primary N) is 2. The lowest BCUT2D eigenvalue weighted by Gasteiger charge is -2.20. The van der Waals surface area contributed by atoms with Crippen molar-refractivity contribution in [1.82, 2.24) is 15.0 Å². The van der Waals surface area contributed by atoms with Gasteiger partial charge in [0.15, 0.2) is 11.4 Å². The summed E-state index contributed by atoms with van der Waals surface area (Å²) < 4.78 is 5.51. The molecule has 1 aromatic carbocycles. The van der Waals surface area contributed by atoms with Crippen LogP contribution in [0.2, 0.25) is 0 Å². The van der Waals surface area contributed by atoms with Gasteiger partial charge in [-0.3, -0.25) is 4.79 Å². The summed E-state index contributed by atoms with van der Waals surface area (Å²) in [5, 5.41) is 0.567. The number of aryl methyl sites for hydroxylation is 1. The summed E-state index contributed by atoms with van der Waals surface area (Å²) in [5.41, 5.74) is 15.3. The largest absolute Gasteiger partial charge is 0.494 e. The summed E-state index contributed by atoms with van der Waals surface area (Å²) in [6.45, 7) is 2.52. The standard InChI is InChI=1S/C19H19N5O2/c1-2-26-11-8-6-10(7-9-11)14-15-12(4-3-5-13(15)25)22-18-16(14)17(20)23-19(21)24-18/h6-9H,2-5H2,1H3,(H4,20,21,22,23,24). The quantitative estimate of drug-likeness (QED) is 0.746. The van der Waals surface area contributed by atoms with Crippen LogP contribution in [0.5, 0.6) is 5.75 Å². The maximum absolute atomic E-state index is 12.7. The number of rotatable bonds is 3. The van der Waals surface area contributed by atoms with Crippen LogP contribution in [0.25, 0.3) is 22.2 Å². The first-order valence-corrected chi connectivity index (χ1v) is 8.60. The first-order valence-electron chi connectivity index (χ1n) is 8.60. The number of benzene rings is 1. The van der Waals surface area contributed by atoms with Gasteiger partial charge in [-0.15, -0.1) is 0 Å². The zero-order valence-electron chi connectivity index (χ0n) is 14.5. The van der Waals surface area contributed by atoms with Gasteiger partial charge in [0.1, 0.15) is 11.6 Å². The summed E-state index contributed by atoms with van der Waals surface area (Å²) in [5.74, 6) is 1.14. The van der Waals surface area contributed by atoms with Gasteiger partial charge in [-0.2, -0.15) is 9.97 Å². The molecule has 0 radical (unpaired) electrons. The van der Waals surface area contributed by atoms with Crippen molar-refractivity contribution in [3.05, 3.63) is 35.5 Å². The number of anilines is 2. The lowest BCUT2D eigenvalue weighted by Crippen LogP contribution is -2.16. The normalized spacial score (nSPS) is 13.7. The molecule has 2 heterocycles. The number of carbonyl (C=O) groups excluding carboxylic acids is 1. The lowest BCUT2D eigenvalue weighted by atomic mass is 9.86. The van der Waals surface area contributed by atoms with Crippen LogP contribution in [0.1, 0.15) is 35.8 Å². The highest BCUT2D eigenvalue weighted by atomic mass is 16.5. The van der Waals surface area contributed by atoms with E-state index in [9.17, 15) is 4.79 Å². The minimum atomic E-state index is 0.0701. The molecular formula is C19H19N5O2. The van der Waals surface area contributed by atoms with Crippen LogP contribution in [-0.4, -0.2) is 27.3 Å². The van der Waals surface area contributed by atoms with Crippen LogP contribution < -0.4 is 16.2 Å². The topological polar surface area (TPSA) is 117 Å². The van der Waals surface area contributed by atoms with Gasteiger partial charge in [0.2, 0.25) is 5.95 Å². The Kier molecular flexibility index (Phi) is 3.91. The van der Waals surface area contributed by atoms with E-state index in [1.807, 2.05) is 31.2 Å². The molecule has 7 heteroatoms. The fraction of sp³-hybridized carbons (Fsp3) is 0.263. The van der Waals surface area contributed by atoms with Gasteiger partial charge >= 0.3 is 0 Å². The second-order valence-electron chi connectivity index (χ2n) is 6.21. The van der Waals surface area contributed by atoms with Crippen molar-refractivity contribution in [2.75, 3.05) is 18.1 Å². The molecule has 132 valence electrons. The molecule has 4 rings (SSSR count). The predicted octanol–water partition coefficient (Wildman–Crippen LogP) is 2.77. The maximum Gasteiger partial charge on any atom is 0.224 e. The van der Waals surface area contributed by atoms with Crippen LogP contribution in [0, 0.1) is 0 Å². The molecule has 0 atom stereocenters. The Labute approximate surface area is 150 Å². The number of aromatic nitrogens is 3. The molecule has 26 heavy (non-hydrogen) atoms. The molecule has 7 nitrogen and oxygen atoms in total. The van der Waals surface area contributed by atoms with Gasteiger partial charge in [0.05, 0.1) is 17.7 Å². The van der Waals surface area contributed by atoms with Gasteiger partial charge < -0.3 is 16.2 Å². The van der Waals surface area contributed by atoms with Crippen molar-refractivity contribution < 1.29 is 9.53 Å². The smallest absolute Gasteiger partial charge is 0.224 e. The van der Waals surface area contributed by atoms with E-state index in [1.165, 1.54) is 0 Å². The third-order valence-corrected chi connectivity index (χ3v) is 4.51. The Balaban J connectivity index is 2.05. The SMILES string of the molecule is CCOc1ccc(-c2c3c(nc4nc(N)nc(N)c24)CCCC3=O)cc1. The zero-order chi connectivity index (χ0) is 18.3. The summed E-state index contributed by atoms with van der Waals surface area (Å²) in [4.78, 5) is 25.6. The number of carbonyl (C=O) groups is 1. The van der Waals surface area contributed by atoms with Gasteiger partial charge in [0, 0.05) is 17.5 Å². The highest BCUT2D eigenvalue weighted by Gasteiger charge is 2.27. The number of pyridine rings is 1. The monoisotopic (exact) mass is 349 g/mol. The molecule has 0 saturated heterocycles. The molecule has 0 saturated carbocycles. The molecule has 0 amide bonds. The summed E-state index contributed by atoms with van der Waals surface area (Å²) in [6.07, 6.45) is 2.01. The molecule has 1 aliphatic rings. The van der Waals surface area contributed by atoms with Crippen molar-refractivity contribution >= 4 is 28.6 Å². The number of nitrogens with zero attached hydrogens (tertiary/aromatic N) is 3. The number of ketones is 1. The molecule has 2 aromatic heterocycles. The number of hydrogen-bond acceptors (Lipinski definition) is 7. The Morgan fingerprint density at radius 1 is 1.04 bits per heavy atom. The molecule has 3 aromatic rings. The minimum absolute atomic E-state index is 0.0701. The van der Waals surface area contributed by atoms with Crippen LogP contribution in [0.3, 0.4) is 0 Å². The molecule has 1 aliphatic carbocycles. The number of Topliss-reactive ketones (excluding diaryl/α,β-unsaturated/α-hetero) is 1. The summed E-state index contributed by atoms with van der Waals surface area (Å²) in [6, 6.07) is 7.58. The van der Waals surface area contributed by atoms with E-state index in [0.29, 0.717) is 29.6 Å². The van der Waals surface area contributed by atoms with Crippen LogP contribution in [0.15, 0.2) is 24.3 Å². The van der Waals surface area contributed by atoms with Crippen LogP contribution >= 0.6 is 0 Å². The van der Waals surface area contributed by atoms with E-state index >= 15 is 0 Å². The third-order valence-electron chi connectivity index (χ3n) is 4.51. The Morgan fingerprint density at radius 3 is 2.54 bits per heavy atom. The van der Waals surface area contributed by atoms with E-state index in [4.69, 9.17) is 16.2 Å². The van der Waals surface area contributed by atoms with Crippen molar-refractivity contribution in [2.24, 2.45) is 0 Å². The Bertz CT molecular complexity index is 1010. The summed E-state index contributed by atoms with van der Waals surface area (Å²) >= 11 is 0. The number of ether oxygens (including phenoxy) is 1. The highest BCUT2D eigenvalue weighted by Crippen LogP contribution is 2.38. The average molecular weight is 349 g/mol.